The van der Waals surface area contributed by atoms with Gasteiger partial charge in [-0.2, -0.15) is 0 Å². The Balaban J connectivity index is 1.58. The number of nitrogens with one attached hydrogen (secondary N) is 2. The number of carbonyl (C=O) groups is 2. The Kier molecular flexibility index (Phi) is 5.28. The molecule has 0 saturated heterocycles. The summed E-state index contributed by atoms with van der Waals surface area (Å²) in [5.41, 5.74) is 1.48. The van der Waals surface area contributed by atoms with E-state index in [1.54, 1.807) is 12.1 Å². The van der Waals surface area contributed by atoms with E-state index in [4.69, 9.17) is 4.74 Å². The van der Waals surface area contributed by atoms with Gasteiger partial charge in [0.05, 0.1) is 17.0 Å². The van der Waals surface area contributed by atoms with Crippen LogP contribution in [0, 0.1) is 0 Å². The summed E-state index contributed by atoms with van der Waals surface area (Å²) in [7, 11) is 0. The van der Waals surface area contributed by atoms with Crippen molar-refractivity contribution < 1.29 is 14.3 Å². The molecule has 0 aromatic heterocycles. The third kappa shape index (κ3) is 4.54. The molecular formula is C19H20N2O3S. The fourth-order valence-corrected chi connectivity index (χ4v) is 3.61. The van der Waals surface area contributed by atoms with E-state index >= 15 is 0 Å². The van der Waals surface area contributed by atoms with Crippen LogP contribution >= 0.6 is 11.8 Å². The van der Waals surface area contributed by atoms with Crippen molar-refractivity contribution in [1.82, 2.24) is 0 Å². The number of thioether (sulfide) groups is 1. The summed E-state index contributed by atoms with van der Waals surface area (Å²) in [6.07, 6.45) is 0.222. The van der Waals surface area contributed by atoms with Crippen molar-refractivity contribution in [3.05, 3.63) is 48.5 Å². The number of carbonyl (C=O) groups excluding carboxylic acids is 2. The number of amides is 2. The maximum Gasteiger partial charge on any atom is 0.238 e. The number of rotatable bonds is 5. The van der Waals surface area contributed by atoms with Crippen molar-refractivity contribution in [3.63, 3.8) is 0 Å². The van der Waals surface area contributed by atoms with E-state index < -0.39 is 5.25 Å². The van der Waals surface area contributed by atoms with Crippen LogP contribution in [-0.2, 0) is 9.59 Å². The molecule has 1 aliphatic rings. The lowest BCUT2D eigenvalue weighted by atomic mass is 10.2. The van der Waals surface area contributed by atoms with Crippen LogP contribution in [0.5, 0.6) is 5.75 Å². The Morgan fingerprint density at radius 3 is 2.64 bits per heavy atom. The van der Waals surface area contributed by atoms with Crippen LogP contribution < -0.4 is 15.4 Å². The van der Waals surface area contributed by atoms with Crippen LogP contribution in [0.25, 0.3) is 0 Å². The lowest BCUT2D eigenvalue weighted by Crippen LogP contribution is -2.32. The van der Waals surface area contributed by atoms with Gasteiger partial charge in [-0.15, -0.1) is 11.8 Å². The van der Waals surface area contributed by atoms with E-state index in [1.165, 1.54) is 11.8 Å². The van der Waals surface area contributed by atoms with E-state index in [1.807, 2.05) is 50.2 Å². The highest BCUT2D eigenvalue weighted by molar-refractivity contribution is 8.01. The van der Waals surface area contributed by atoms with Gasteiger partial charge in [0.25, 0.3) is 0 Å². The highest BCUT2D eigenvalue weighted by Crippen LogP contribution is 2.36. The third-order valence-electron chi connectivity index (χ3n) is 3.59. The number of benzene rings is 2. The zero-order chi connectivity index (χ0) is 17.8. The molecule has 1 atom stereocenters. The molecule has 25 heavy (non-hydrogen) atoms. The summed E-state index contributed by atoms with van der Waals surface area (Å²) in [4.78, 5) is 25.4. The van der Waals surface area contributed by atoms with Gasteiger partial charge < -0.3 is 15.4 Å². The van der Waals surface area contributed by atoms with Crippen molar-refractivity contribution in [2.45, 2.75) is 36.5 Å². The van der Waals surface area contributed by atoms with Gasteiger partial charge in [0.1, 0.15) is 5.75 Å². The predicted molar refractivity (Wildman–Crippen MR) is 100 cm³/mol. The Labute approximate surface area is 151 Å². The van der Waals surface area contributed by atoms with Gasteiger partial charge in [-0.1, -0.05) is 12.1 Å². The summed E-state index contributed by atoms with van der Waals surface area (Å²) < 4.78 is 5.57. The van der Waals surface area contributed by atoms with Crippen LogP contribution in [0.2, 0.25) is 0 Å². The van der Waals surface area contributed by atoms with E-state index in [2.05, 4.69) is 10.6 Å². The quantitative estimate of drug-likeness (QED) is 0.852. The van der Waals surface area contributed by atoms with Crippen molar-refractivity contribution in [3.8, 4) is 5.75 Å². The predicted octanol–water partition coefficient (Wildman–Crippen LogP) is 3.92. The number of fused-ring (bicyclic) bond motifs is 1. The number of ether oxygens (including phenoxy) is 1. The molecule has 5 nitrogen and oxygen atoms in total. The van der Waals surface area contributed by atoms with Crippen LogP contribution in [-0.4, -0.2) is 23.2 Å². The molecule has 2 aromatic rings. The van der Waals surface area contributed by atoms with E-state index in [0.717, 1.165) is 16.3 Å². The summed E-state index contributed by atoms with van der Waals surface area (Å²) in [5.74, 6) is 0.427. The van der Waals surface area contributed by atoms with Gasteiger partial charge in [-0.3, -0.25) is 9.59 Å². The van der Waals surface area contributed by atoms with E-state index in [-0.39, 0.29) is 24.3 Å². The molecular weight excluding hydrogens is 336 g/mol. The highest BCUT2D eigenvalue weighted by atomic mass is 32.2. The number of hydrogen-bond donors (Lipinski definition) is 2. The van der Waals surface area contributed by atoms with Gasteiger partial charge in [-0.05, 0) is 50.2 Å². The van der Waals surface area contributed by atoms with Gasteiger partial charge in [-0.25, -0.2) is 0 Å². The fraction of sp³-hybridized carbons (Fsp3) is 0.263. The molecule has 0 fully saturated rings. The molecule has 0 saturated carbocycles. The molecule has 0 spiro atoms. The molecule has 0 bridgehead atoms. The maximum atomic E-state index is 12.3. The first-order valence-electron chi connectivity index (χ1n) is 8.14. The summed E-state index contributed by atoms with van der Waals surface area (Å²) in [6.45, 7) is 3.92. The van der Waals surface area contributed by atoms with Crippen LogP contribution in [0.1, 0.15) is 20.3 Å². The first-order chi connectivity index (χ1) is 12.0. The SMILES string of the molecule is CC(C)Oc1ccc(NC(=O)CC2Sc3ccccc3NC2=O)cc1. The zero-order valence-electron chi connectivity index (χ0n) is 14.1. The minimum atomic E-state index is -0.432. The molecule has 1 unspecified atom stereocenters. The van der Waals surface area contributed by atoms with E-state index in [9.17, 15) is 9.59 Å². The molecule has 1 heterocycles. The Morgan fingerprint density at radius 2 is 1.92 bits per heavy atom. The van der Waals surface area contributed by atoms with Gasteiger partial charge in [0.15, 0.2) is 0 Å². The largest absolute Gasteiger partial charge is 0.491 e. The minimum Gasteiger partial charge on any atom is -0.491 e. The second-order valence-electron chi connectivity index (χ2n) is 6.04. The van der Waals surface area contributed by atoms with Gasteiger partial charge in [0, 0.05) is 17.0 Å². The topological polar surface area (TPSA) is 67.4 Å². The summed E-state index contributed by atoms with van der Waals surface area (Å²) in [6, 6.07) is 14.8. The smallest absolute Gasteiger partial charge is 0.238 e. The van der Waals surface area contributed by atoms with Crippen molar-refractivity contribution in [2.24, 2.45) is 0 Å². The first-order valence-corrected chi connectivity index (χ1v) is 9.02. The summed E-state index contributed by atoms with van der Waals surface area (Å²) >= 11 is 1.42. The normalized spacial score (nSPS) is 16.1. The average molecular weight is 356 g/mol. The second kappa shape index (κ2) is 7.61. The average Bonchev–Trinajstić information content (AvgIpc) is 2.57. The molecule has 6 heteroatoms. The number of hydrogen-bond acceptors (Lipinski definition) is 4. The van der Waals surface area contributed by atoms with Crippen LogP contribution in [0.3, 0.4) is 0 Å². The lowest BCUT2D eigenvalue weighted by Gasteiger charge is -2.23. The molecule has 2 aromatic carbocycles. The second-order valence-corrected chi connectivity index (χ2v) is 7.28. The molecule has 3 rings (SSSR count). The minimum absolute atomic E-state index is 0.102. The molecule has 2 amide bonds. The Bertz CT molecular complexity index is 774. The van der Waals surface area contributed by atoms with Crippen LogP contribution in [0.4, 0.5) is 11.4 Å². The van der Waals surface area contributed by atoms with E-state index in [0.29, 0.717) is 5.69 Å². The Morgan fingerprint density at radius 1 is 1.20 bits per heavy atom. The van der Waals surface area contributed by atoms with Gasteiger partial charge >= 0.3 is 0 Å². The lowest BCUT2D eigenvalue weighted by molar-refractivity contribution is -0.120. The Hall–Kier alpha value is -2.47. The van der Waals surface area contributed by atoms with Crippen molar-refractivity contribution in [1.29, 1.82) is 0 Å². The zero-order valence-corrected chi connectivity index (χ0v) is 14.9. The number of para-hydroxylation sites is 1. The molecule has 0 radical (unpaired) electrons. The summed E-state index contributed by atoms with van der Waals surface area (Å²) in [5, 5.41) is 5.24. The fourth-order valence-electron chi connectivity index (χ4n) is 2.50. The monoisotopic (exact) mass is 356 g/mol. The standard InChI is InChI=1S/C19H20N2O3S/c1-12(2)24-14-9-7-13(8-10-14)20-18(22)11-17-19(23)21-15-5-3-4-6-16(15)25-17/h3-10,12,17H,11H2,1-2H3,(H,20,22)(H,21,23). The third-order valence-corrected chi connectivity index (χ3v) is 4.86. The maximum absolute atomic E-state index is 12.3. The molecule has 1 aliphatic heterocycles. The molecule has 130 valence electrons. The van der Waals surface area contributed by atoms with Gasteiger partial charge in [0.2, 0.25) is 11.8 Å². The molecule has 2 N–H and O–H groups in total. The van der Waals surface area contributed by atoms with Crippen LogP contribution in [0.15, 0.2) is 53.4 Å². The van der Waals surface area contributed by atoms with Crippen molar-refractivity contribution in [2.75, 3.05) is 10.6 Å². The highest BCUT2D eigenvalue weighted by Gasteiger charge is 2.28. The number of anilines is 2. The molecule has 0 aliphatic carbocycles. The van der Waals surface area contributed by atoms with Crippen molar-refractivity contribution >= 4 is 35.0 Å². The first kappa shape index (κ1) is 17.4.